The zero-order chi connectivity index (χ0) is 9.97. The summed E-state index contributed by atoms with van der Waals surface area (Å²) >= 11 is 5.78. The summed E-state index contributed by atoms with van der Waals surface area (Å²) in [5, 5.41) is 7.55. The molecular weight excluding hydrogens is 200 g/mol. The molecule has 0 saturated carbocycles. The molecule has 0 fully saturated rings. The molecule has 4 heteroatoms. The number of benzene rings is 1. The van der Waals surface area contributed by atoms with Crippen molar-refractivity contribution in [1.29, 1.82) is 0 Å². The summed E-state index contributed by atoms with van der Waals surface area (Å²) < 4.78 is 4.97. The second kappa shape index (κ2) is 3.72. The Hall–Kier alpha value is -1.48. The first-order valence-corrected chi connectivity index (χ1v) is 4.53. The van der Waals surface area contributed by atoms with Crippen LogP contribution in [0.25, 0.3) is 11.3 Å². The quantitative estimate of drug-likeness (QED) is 0.824. The highest BCUT2D eigenvalue weighted by Gasteiger charge is 2.02. The molecule has 0 unspecified atom stereocenters. The lowest BCUT2D eigenvalue weighted by Crippen LogP contribution is -1.79. The van der Waals surface area contributed by atoms with Crippen LogP contribution in [0.4, 0.5) is 0 Å². The van der Waals surface area contributed by atoms with Crippen LogP contribution in [0.15, 0.2) is 30.3 Å². The molecule has 2 aromatic rings. The minimum Gasteiger partial charge on any atom is -0.480 e. The number of halogens is 1. The molecule has 0 amide bonds. The molecule has 1 aromatic heterocycles. The topological polar surface area (TPSA) is 37.9 Å². The molecule has 14 heavy (non-hydrogen) atoms. The zero-order valence-corrected chi connectivity index (χ0v) is 8.38. The van der Waals surface area contributed by atoms with Gasteiger partial charge in [0.2, 0.25) is 5.88 Å². The lowest BCUT2D eigenvalue weighted by molar-refractivity contribution is 0.397. The second-order valence-electron chi connectivity index (χ2n) is 2.83. The number of aromatic nitrogens is 2. The zero-order valence-electron chi connectivity index (χ0n) is 7.62. The number of hydrogen-bond acceptors (Lipinski definition) is 2. The van der Waals surface area contributed by atoms with Gasteiger partial charge in [-0.15, -0.1) is 5.10 Å². The molecule has 0 radical (unpaired) electrons. The van der Waals surface area contributed by atoms with Crippen LogP contribution in [0.3, 0.4) is 0 Å². The van der Waals surface area contributed by atoms with Crippen molar-refractivity contribution in [3.8, 4) is 17.1 Å². The summed E-state index contributed by atoms with van der Waals surface area (Å²) in [5.41, 5.74) is 1.95. The summed E-state index contributed by atoms with van der Waals surface area (Å²) in [5.74, 6) is 0.579. The van der Waals surface area contributed by atoms with E-state index in [4.69, 9.17) is 16.3 Å². The maximum atomic E-state index is 5.78. The molecule has 1 aromatic carbocycles. The van der Waals surface area contributed by atoms with Gasteiger partial charge in [-0.2, -0.15) is 0 Å². The molecule has 0 saturated heterocycles. The van der Waals surface area contributed by atoms with Gasteiger partial charge in [-0.3, -0.25) is 5.10 Å². The lowest BCUT2D eigenvalue weighted by Gasteiger charge is -1.95. The van der Waals surface area contributed by atoms with Crippen LogP contribution in [0.1, 0.15) is 0 Å². The van der Waals surface area contributed by atoms with Crippen molar-refractivity contribution >= 4 is 11.6 Å². The van der Waals surface area contributed by atoms with Crippen molar-refractivity contribution in [2.75, 3.05) is 7.11 Å². The number of hydrogen-bond donors (Lipinski definition) is 1. The van der Waals surface area contributed by atoms with Crippen LogP contribution in [0, 0.1) is 0 Å². The summed E-state index contributed by atoms with van der Waals surface area (Å²) in [6.07, 6.45) is 0. The Morgan fingerprint density at radius 2 is 2.00 bits per heavy atom. The Kier molecular flexibility index (Phi) is 2.41. The molecular formula is C10H9ClN2O. The molecule has 1 heterocycles. The van der Waals surface area contributed by atoms with E-state index in [0.717, 1.165) is 16.3 Å². The fourth-order valence-corrected chi connectivity index (χ4v) is 1.31. The Bertz CT molecular complexity index is 422. The number of ether oxygens (including phenoxy) is 1. The van der Waals surface area contributed by atoms with E-state index in [1.807, 2.05) is 30.3 Å². The third kappa shape index (κ3) is 1.72. The molecule has 1 N–H and O–H groups in total. The van der Waals surface area contributed by atoms with E-state index in [9.17, 15) is 0 Å². The second-order valence-corrected chi connectivity index (χ2v) is 3.27. The monoisotopic (exact) mass is 208 g/mol. The largest absolute Gasteiger partial charge is 0.480 e. The predicted octanol–water partition coefficient (Wildman–Crippen LogP) is 2.74. The molecule has 0 spiro atoms. The third-order valence-corrected chi connectivity index (χ3v) is 2.17. The van der Waals surface area contributed by atoms with E-state index in [2.05, 4.69) is 10.2 Å². The van der Waals surface area contributed by atoms with Crippen LogP contribution >= 0.6 is 11.6 Å². The Balaban J connectivity index is 2.34. The Morgan fingerprint density at radius 3 is 2.57 bits per heavy atom. The number of H-pyrrole nitrogens is 1. The molecule has 0 aliphatic carbocycles. The molecule has 0 aliphatic heterocycles. The van der Waals surface area contributed by atoms with Gasteiger partial charge in [0.15, 0.2) is 0 Å². The number of nitrogens with zero attached hydrogens (tertiary/aromatic N) is 1. The molecule has 0 atom stereocenters. The number of nitrogens with one attached hydrogen (secondary N) is 1. The first-order valence-electron chi connectivity index (χ1n) is 4.15. The number of methoxy groups -OCH3 is 1. The standard InChI is InChI=1S/C10H9ClN2O/c1-14-10-6-9(12-13-10)7-2-4-8(11)5-3-7/h2-6H,1H3,(H,12,13). The van der Waals surface area contributed by atoms with Gasteiger partial charge in [0.1, 0.15) is 0 Å². The Morgan fingerprint density at radius 1 is 1.29 bits per heavy atom. The first kappa shape index (κ1) is 9.09. The van der Waals surface area contributed by atoms with E-state index < -0.39 is 0 Å². The van der Waals surface area contributed by atoms with Crippen LogP contribution in [-0.2, 0) is 0 Å². The van der Waals surface area contributed by atoms with Crippen molar-refractivity contribution in [1.82, 2.24) is 10.2 Å². The van der Waals surface area contributed by atoms with Crippen molar-refractivity contribution < 1.29 is 4.74 Å². The minimum atomic E-state index is 0.579. The smallest absolute Gasteiger partial charge is 0.232 e. The molecule has 72 valence electrons. The highest BCUT2D eigenvalue weighted by atomic mass is 35.5. The van der Waals surface area contributed by atoms with E-state index in [1.165, 1.54) is 0 Å². The predicted molar refractivity (Wildman–Crippen MR) is 55.6 cm³/mol. The van der Waals surface area contributed by atoms with Gasteiger partial charge in [-0.05, 0) is 17.7 Å². The Labute approximate surface area is 86.7 Å². The van der Waals surface area contributed by atoms with Gasteiger partial charge in [-0.25, -0.2) is 0 Å². The van der Waals surface area contributed by atoms with Gasteiger partial charge >= 0.3 is 0 Å². The summed E-state index contributed by atoms with van der Waals surface area (Å²) in [4.78, 5) is 0. The summed E-state index contributed by atoms with van der Waals surface area (Å²) in [6, 6.07) is 9.36. The van der Waals surface area contributed by atoms with Crippen LogP contribution in [0.2, 0.25) is 5.02 Å². The average molecular weight is 209 g/mol. The fourth-order valence-electron chi connectivity index (χ4n) is 1.19. The van der Waals surface area contributed by atoms with E-state index in [0.29, 0.717) is 5.88 Å². The third-order valence-electron chi connectivity index (χ3n) is 1.92. The first-order chi connectivity index (χ1) is 6.79. The average Bonchev–Trinajstić information content (AvgIpc) is 2.67. The van der Waals surface area contributed by atoms with E-state index >= 15 is 0 Å². The lowest BCUT2D eigenvalue weighted by atomic mass is 10.2. The normalized spacial score (nSPS) is 10.1. The summed E-state index contributed by atoms with van der Waals surface area (Å²) in [7, 11) is 1.59. The van der Waals surface area contributed by atoms with Crippen molar-refractivity contribution in [2.45, 2.75) is 0 Å². The summed E-state index contributed by atoms with van der Waals surface area (Å²) in [6.45, 7) is 0. The van der Waals surface area contributed by atoms with E-state index in [1.54, 1.807) is 7.11 Å². The van der Waals surface area contributed by atoms with E-state index in [-0.39, 0.29) is 0 Å². The molecule has 2 rings (SSSR count). The van der Waals surface area contributed by atoms with Gasteiger partial charge in [0.25, 0.3) is 0 Å². The van der Waals surface area contributed by atoms with Crippen molar-refractivity contribution in [3.63, 3.8) is 0 Å². The maximum Gasteiger partial charge on any atom is 0.232 e. The molecule has 0 bridgehead atoms. The van der Waals surface area contributed by atoms with Gasteiger partial charge in [-0.1, -0.05) is 23.7 Å². The van der Waals surface area contributed by atoms with Crippen molar-refractivity contribution in [3.05, 3.63) is 35.4 Å². The molecule has 0 aliphatic rings. The van der Waals surface area contributed by atoms with Gasteiger partial charge in [0.05, 0.1) is 12.8 Å². The highest BCUT2D eigenvalue weighted by molar-refractivity contribution is 6.30. The van der Waals surface area contributed by atoms with Crippen LogP contribution in [0.5, 0.6) is 5.88 Å². The van der Waals surface area contributed by atoms with Crippen LogP contribution in [-0.4, -0.2) is 17.3 Å². The van der Waals surface area contributed by atoms with Crippen molar-refractivity contribution in [2.24, 2.45) is 0 Å². The van der Waals surface area contributed by atoms with Gasteiger partial charge in [0, 0.05) is 11.1 Å². The van der Waals surface area contributed by atoms with Crippen LogP contribution < -0.4 is 4.74 Å². The van der Waals surface area contributed by atoms with Gasteiger partial charge < -0.3 is 4.74 Å². The fraction of sp³-hybridized carbons (Fsp3) is 0.100. The minimum absolute atomic E-state index is 0.579. The number of rotatable bonds is 2. The molecule has 3 nitrogen and oxygen atoms in total. The maximum absolute atomic E-state index is 5.78. The SMILES string of the molecule is COc1cc(-c2ccc(Cl)cc2)[nH]n1. The highest BCUT2D eigenvalue weighted by Crippen LogP contribution is 2.22. The number of aromatic amines is 1.